The molecule has 0 saturated heterocycles. The van der Waals surface area contributed by atoms with Crippen molar-refractivity contribution >= 4 is 5.69 Å². The third-order valence-corrected chi connectivity index (χ3v) is 3.92. The van der Waals surface area contributed by atoms with Gasteiger partial charge in [-0.2, -0.15) is 0 Å². The minimum absolute atomic E-state index is 0.394. The first-order chi connectivity index (χ1) is 9.44. The third kappa shape index (κ3) is 3.16. The number of fused-ring (bicyclic) bond motifs is 1. The van der Waals surface area contributed by atoms with E-state index < -0.39 is 5.60 Å². The van der Waals surface area contributed by atoms with E-state index >= 15 is 0 Å². The molecule has 2 rings (SSSR count). The Morgan fingerprint density at radius 1 is 1.30 bits per heavy atom. The Labute approximate surface area is 123 Å². The molecule has 20 heavy (non-hydrogen) atoms. The lowest BCUT2D eigenvalue weighted by atomic mass is 9.95. The third-order valence-electron chi connectivity index (χ3n) is 3.92. The first-order valence-electron chi connectivity index (χ1n) is 7.41. The summed E-state index contributed by atoms with van der Waals surface area (Å²) in [5.74, 6) is 6.55. The summed E-state index contributed by atoms with van der Waals surface area (Å²) in [6.07, 6.45) is 2.33. The molecule has 1 aliphatic heterocycles. The molecular formula is C18H25NO. The topological polar surface area (TPSA) is 12.5 Å². The van der Waals surface area contributed by atoms with E-state index in [1.807, 2.05) is 13.8 Å². The summed E-state index contributed by atoms with van der Waals surface area (Å²) in [6, 6.07) is 7.00. The van der Waals surface area contributed by atoms with Crippen molar-refractivity contribution in [1.29, 1.82) is 0 Å². The van der Waals surface area contributed by atoms with Crippen LogP contribution in [-0.2, 0) is 11.2 Å². The summed E-state index contributed by atoms with van der Waals surface area (Å²) in [5, 5.41) is 0. The number of benzene rings is 1. The minimum atomic E-state index is -0.394. The van der Waals surface area contributed by atoms with Gasteiger partial charge < -0.3 is 9.64 Å². The van der Waals surface area contributed by atoms with Crippen molar-refractivity contribution in [2.24, 2.45) is 0 Å². The van der Waals surface area contributed by atoms with Gasteiger partial charge in [0.1, 0.15) is 5.60 Å². The molecule has 0 bridgehead atoms. The van der Waals surface area contributed by atoms with Gasteiger partial charge in [-0.1, -0.05) is 17.9 Å². The molecule has 1 aromatic rings. The van der Waals surface area contributed by atoms with Gasteiger partial charge in [0.25, 0.3) is 0 Å². The van der Waals surface area contributed by atoms with Crippen LogP contribution in [0.5, 0.6) is 0 Å². The maximum Gasteiger partial charge on any atom is 0.123 e. The largest absolute Gasteiger partial charge is 0.369 e. The van der Waals surface area contributed by atoms with E-state index in [2.05, 4.69) is 48.8 Å². The first kappa shape index (κ1) is 14.9. The second-order valence-corrected chi connectivity index (χ2v) is 6.16. The van der Waals surface area contributed by atoms with Crippen molar-refractivity contribution in [2.45, 2.75) is 52.2 Å². The summed E-state index contributed by atoms with van der Waals surface area (Å²) in [6.45, 7) is 9.64. The molecule has 0 aromatic heterocycles. The van der Waals surface area contributed by atoms with E-state index in [0.29, 0.717) is 6.04 Å². The number of ether oxygens (including phenoxy) is 1. The molecule has 108 valence electrons. The summed E-state index contributed by atoms with van der Waals surface area (Å²) < 4.78 is 5.38. The molecule has 0 unspecified atom stereocenters. The fraction of sp³-hybridized carbons (Fsp3) is 0.556. The number of hydrogen-bond donors (Lipinski definition) is 0. The molecule has 0 aliphatic carbocycles. The molecule has 0 amide bonds. The van der Waals surface area contributed by atoms with Crippen LogP contribution in [-0.4, -0.2) is 25.3 Å². The maximum absolute atomic E-state index is 5.38. The summed E-state index contributed by atoms with van der Waals surface area (Å²) >= 11 is 0. The van der Waals surface area contributed by atoms with Crippen molar-refractivity contribution in [3.63, 3.8) is 0 Å². The van der Waals surface area contributed by atoms with Gasteiger partial charge in [-0.3, -0.25) is 0 Å². The summed E-state index contributed by atoms with van der Waals surface area (Å²) in [7, 11) is 1.70. The molecular weight excluding hydrogens is 246 g/mol. The van der Waals surface area contributed by atoms with Crippen molar-refractivity contribution in [2.75, 3.05) is 18.6 Å². The number of anilines is 1. The average molecular weight is 271 g/mol. The van der Waals surface area contributed by atoms with Crippen LogP contribution in [0, 0.1) is 11.8 Å². The monoisotopic (exact) mass is 271 g/mol. The van der Waals surface area contributed by atoms with Gasteiger partial charge in [0.05, 0.1) is 0 Å². The smallest absolute Gasteiger partial charge is 0.123 e. The highest BCUT2D eigenvalue weighted by atomic mass is 16.5. The molecule has 0 N–H and O–H groups in total. The second kappa shape index (κ2) is 5.89. The van der Waals surface area contributed by atoms with Crippen LogP contribution >= 0.6 is 0 Å². The molecule has 2 heteroatoms. The van der Waals surface area contributed by atoms with Gasteiger partial charge in [0, 0.05) is 30.9 Å². The van der Waals surface area contributed by atoms with Crippen molar-refractivity contribution < 1.29 is 4.74 Å². The molecule has 0 saturated carbocycles. The van der Waals surface area contributed by atoms with Crippen LogP contribution < -0.4 is 4.90 Å². The van der Waals surface area contributed by atoms with E-state index in [0.717, 1.165) is 18.5 Å². The van der Waals surface area contributed by atoms with Crippen molar-refractivity contribution in [3.8, 4) is 11.8 Å². The van der Waals surface area contributed by atoms with Crippen LogP contribution in [0.15, 0.2) is 18.2 Å². The van der Waals surface area contributed by atoms with Crippen molar-refractivity contribution in [3.05, 3.63) is 29.3 Å². The van der Waals surface area contributed by atoms with E-state index in [-0.39, 0.29) is 0 Å². The maximum atomic E-state index is 5.38. The predicted molar refractivity (Wildman–Crippen MR) is 85.2 cm³/mol. The number of hydrogen-bond acceptors (Lipinski definition) is 2. The highest BCUT2D eigenvalue weighted by molar-refractivity contribution is 5.62. The Hall–Kier alpha value is -1.46. The standard InChI is InChI=1S/C18H25NO/c1-14(2)19-13-7-9-16-15(8-6-10-17(16)19)11-12-18(3,4)20-5/h6,8,10,14H,7,9,13H2,1-5H3. The van der Waals surface area contributed by atoms with Crippen LogP contribution in [0.3, 0.4) is 0 Å². The van der Waals surface area contributed by atoms with Crippen LogP contribution in [0.1, 0.15) is 45.2 Å². The zero-order chi connectivity index (χ0) is 14.8. The lowest BCUT2D eigenvalue weighted by molar-refractivity contribution is 0.0742. The minimum Gasteiger partial charge on any atom is -0.369 e. The SMILES string of the molecule is COC(C)(C)C#Cc1cccc2c1CCCN2C(C)C. The van der Waals surface area contributed by atoms with E-state index in [9.17, 15) is 0 Å². The summed E-state index contributed by atoms with van der Waals surface area (Å²) in [4.78, 5) is 2.48. The molecule has 1 aliphatic rings. The molecule has 0 atom stereocenters. The quantitative estimate of drug-likeness (QED) is 0.762. The van der Waals surface area contributed by atoms with Gasteiger partial charge in [-0.15, -0.1) is 0 Å². The van der Waals surface area contributed by atoms with Crippen LogP contribution in [0.2, 0.25) is 0 Å². The van der Waals surface area contributed by atoms with E-state index in [1.165, 1.54) is 17.7 Å². The van der Waals surface area contributed by atoms with Gasteiger partial charge in [-0.25, -0.2) is 0 Å². The Morgan fingerprint density at radius 3 is 2.70 bits per heavy atom. The Kier molecular flexibility index (Phi) is 4.40. The lowest BCUT2D eigenvalue weighted by Gasteiger charge is -2.35. The number of rotatable bonds is 2. The highest BCUT2D eigenvalue weighted by Crippen LogP contribution is 2.31. The van der Waals surface area contributed by atoms with Crippen molar-refractivity contribution in [1.82, 2.24) is 0 Å². The molecule has 1 aromatic carbocycles. The molecule has 0 fully saturated rings. The fourth-order valence-corrected chi connectivity index (χ4v) is 2.58. The molecule has 2 nitrogen and oxygen atoms in total. The number of nitrogens with zero attached hydrogens (tertiary/aromatic N) is 1. The second-order valence-electron chi connectivity index (χ2n) is 6.16. The van der Waals surface area contributed by atoms with Crippen LogP contribution in [0.25, 0.3) is 0 Å². The van der Waals surface area contributed by atoms with Crippen LogP contribution in [0.4, 0.5) is 5.69 Å². The van der Waals surface area contributed by atoms with Gasteiger partial charge in [-0.05, 0) is 58.2 Å². The van der Waals surface area contributed by atoms with Gasteiger partial charge in [0.15, 0.2) is 0 Å². The zero-order valence-electron chi connectivity index (χ0n) is 13.3. The van der Waals surface area contributed by atoms with E-state index in [1.54, 1.807) is 7.11 Å². The molecule has 0 spiro atoms. The Morgan fingerprint density at radius 2 is 2.05 bits per heavy atom. The lowest BCUT2D eigenvalue weighted by Crippen LogP contribution is -2.35. The van der Waals surface area contributed by atoms with Gasteiger partial charge >= 0.3 is 0 Å². The Bertz CT molecular complexity index is 534. The fourth-order valence-electron chi connectivity index (χ4n) is 2.58. The Balaban J connectivity index is 2.40. The van der Waals surface area contributed by atoms with Gasteiger partial charge in [0.2, 0.25) is 0 Å². The predicted octanol–water partition coefficient (Wildman–Crippen LogP) is 3.62. The first-order valence-corrected chi connectivity index (χ1v) is 7.41. The number of methoxy groups -OCH3 is 1. The molecule has 1 heterocycles. The summed E-state index contributed by atoms with van der Waals surface area (Å²) in [5.41, 5.74) is 3.51. The zero-order valence-corrected chi connectivity index (χ0v) is 13.3. The van der Waals surface area contributed by atoms with E-state index in [4.69, 9.17) is 4.74 Å². The molecule has 0 radical (unpaired) electrons. The normalized spacial score (nSPS) is 14.8. The average Bonchev–Trinajstić information content (AvgIpc) is 2.44. The highest BCUT2D eigenvalue weighted by Gasteiger charge is 2.20.